The van der Waals surface area contributed by atoms with Crippen molar-refractivity contribution >= 4 is 0 Å². The Morgan fingerprint density at radius 1 is 0.786 bits per heavy atom. The van der Waals surface area contributed by atoms with Gasteiger partial charge in [0, 0.05) is 8.42 Å². The Bertz CT molecular complexity index is 755. The molecule has 2 aromatic rings. The first-order chi connectivity index (χ1) is 13.1. The van der Waals surface area contributed by atoms with Gasteiger partial charge in [0.05, 0.1) is 0 Å². The summed E-state index contributed by atoms with van der Waals surface area (Å²) in [5, 5.41) is 0. The predicted molar refractivity (Wildman–Crippen MR) is 123 cm³/mol. The molecule has 28 heavy (non-hydrogen) atoms. The summed E-state index contributed by atoms with van der Waals surface area (Å²) in [5.41, 5.74) is 4.11. The molecule has 0 aliphatic heterocycles. The second-order valence-electron chi connectivity index (χ2n) is 9.24. The monoisotopic (exact) mass is 384 g/mol. The summed E-state index contributed by atoms with van der Waals surface area (Å²) in [6, 6.07) is 14.1. The second-order valence-corrected chi connectivity index (χ2v) is 9.24. The zero-order valence-corrected chi connectivity index (χ0v) is 16.9. The van der Waals surface area contributed by atoms with Gasteiger partial charge in [-0.25, -0.2) is 4.39 Å². The summed E-state index contributed by atoms with van der Waals surface area (Å²) in [6.45, 7) is 4.47. The van der Waals surface area contributed by atoms with Crippen LogP contribution in [0.2, 0.25) is 0 Å². The van der Waals surface area contributed by atoms with Crippen molar-refractivity contribution in [3.63, 3.8) is 0 Å². The topological polar surface area (TPSA) is 0 Å². The van der Waals surface area contributed by atoms with E-state index in [2.05, 4.69) is 32.0 Å². The van der Waals surface area contributed by atoms with Gasteiger partial charge in [0.25, 0.3) is 0 Å². The maximum Gasteiger partial charge on any atom is 0.131 e. The summed E-state index contributed by atoms with van der Waals surface area (Å²) < 4.78 is 14.8. The molecule has 0 spiro atoms. The van der Waals surface area contributed by atoms with Gasteiger partial charge in [0.2, 0.25) is 0 Å². The molecule has 0 nitrogen and oxygen atoms in total. The number of hydrogen-bond acceptors (Lipinski definition) is 0. The van der Waals surface area contributed by atoms with E-state index in [1.165, 1.54) is 62.5 Å². The van der Waals surface area contributed by atoms with Crippen LogP contribution < -0.4 is 0 Å². The first-order valence-corrected chi connectivity index (χ1v) is 11.0. The Morgan fingerprint density at radius 2 is 1.36 bits per heavy atom. The Hall–Kier alpha value is -1.63. The molecule has 1 heteroatoms. The van der Waals surface area contributed by atoms with Gasteiger partial charge in [0.1, 0.15) is 5.82 Å². The average molecular weight is 385 g/mol. The molecule has 0 saturated heterocycles. The molecule has 0 aromatic heterocycles. The van der Waals surface area contributed by atoms with Crippen molar-refractivity contribution in [2.24, 2.45) is 17.8 Å². The first-order valence-electron chi connectivity index (χ1n) is 11.0. The number of hydrogen-bond donors (Lipinski definition) is 0. The van der Waals surface area contributed by atoms with Crippen LogP contribution in [0.4, 0.5) is 4.39 Å². The Balaban J connectivity index is 0.00000150. The van der Waals surface area contributed by atoms with E-state index in [1.54, 1.807) is 0 Å². The summed E-state index contributed by atoms with van der Waals surface area (Å²) in [6.07, 6.45) is 10.9. The van der Waals surface area contributed by atoms with Crippen LogP contribution in [-0.2, 0) is 0 Å². The van der Waals surface area contributed by atoms with E-state index in [9.17, 15) is 4.39 Å². The molecule has 2 aliphatic carbocycles. The van der Waals surface area contributed by atoms with Crippen molar-refractivity contribution in [2.45, 2.75) is 78.6 Å². The van der Waals surface area contributed by atoms with Crippen LogP contribution >= 0.6 is 0 Å². The number of rotatable bonds is 3. The SMILES string of the molecule is C.Cc1ccc(-c2ccc(C3CCC(C4CCC(C)CC4)CC3)cc2F)cc1.[HH].[HH]. The third-order valence-electron chi connectivity index (χ3n) is 7.33. The molecule has 156 valence electrons. The van der Waals surface area contributed by atoms with Crippen molar-refractivity contribution in [3.8, 4) is 11.1 Å². The summed E-state index contributed by atoms with van der Waals surface area (Å²) in [5.74, 6) is 3.30. The van der Waals surface area contributed by atoms with E-state index < -0.39 is 0 Å². The molecule has 0 bridgehead atoms. The third kappa shape index (κ3) is 4.67. The van der Waals surface area contributed by atoms with Gasteiger partial charge < -0.3 is 0 Å². The molecule has 2 aliphatic rings. The van der Waals surface area contributed by atoms with Crippen LogP contribution in [0.25, 0.3) is 11.1 Å². The van der Waals surface area contributed by atoms with Crippen LogP contribution in [0, 0.1) is 30.5 Å². The van der Waals surface area contributed by atoms with Crippen molar-refractivity contribution < 1.29 is 7.24 Å². The smallest absolute Gasteiger partial charge is 0.131 e. The lowest BCUT2D eigenvalue weighted by molar-refractivity contribution is 0.165. The van der Waals surface area contributed by atoms with Crippen LogP contribution in [0.3, 0.4) is 0 Å². The molecule has 0 atom stereocenters. The lowest BCUT2D eigenvalue weighted by Crippen LogP contribution is -2.24. The van der Waals surface area contributed by atoms with Crippen molar-refractivity contribution in [1.29, 1.82) is 0 Å². The van der Waals surface area contributed by atoms with Crippen LogP contribution in [-0.4, -0.2) is 0 Å². The van der Waals surface area contributed by atoms with Crippen molar-refractivity contribution in [1.82, 2.24) is 0 Å². The largest absolute Gasteiger partial charge is 0.206 e. The fourth-order valence-electron chi connectivity index (χ4n) is 5.43. The molecule has 0 unspecified atom stereocenters. The second kappa shape index (κ2) is 9.25. The molecule has 2 aromatic carbocycles. The minimum atomic E-state index is -0.0697. The highest BCUT2D eigenvalue weighted by molar-refractivity contribution is 5.64. The molecule has 0 radical (unpaired) electrons. The van der Waals surface area contributed by atoms with Gasteiger partial charge in [-0.05, 0) is 86.3 Å². The van der Waals surface area contributed by atoms with Gasteiger partial charge in [0.15, 0.2) is 0 Å². The quantitative estimate of drug-likeness (QED) is 0.495. The summed E-state index contributed by atoms with van der Waals surface area (Å²) >= 11 is 0. The summed E-state index contributed by atoms with van der Waals surface area (Å²) in [4.78, 5) is 0. The normalized spacial score (nSPS) is 27.8. The Morgan fingerprint density at radius 3 is 1.93 bits per heavy atom. The highest BCUT2D eigenvalue weighted by atomic mass is 19.1. The van der Waals surface area contributed by atoms with Gasteiger partial charge in [-0.15, -0.1) is 0 Å². The predicted octanol–water partition coefficient (Wildman–Crippen LogP) is 9.03. The third-order valence-corrected chi connectivity index (χ3v) is 7.33. The van der Waals surface area contributed by atoms with E-state index >= 15 is 0 Å². The van der Waals surface area contributed by atoms with Gasteiger partial charge >= 0.3 is 0 Å². The zero-order chi connectivity index (χ0) is 18.8. The van der Waals surface area contributed by atoms with E-state index in [0.717, 1.165) is 28.9 Å². The number of halogens is 1. The fourth-order valence-corrected chi connectivity index (χ4v) is 5.43. The number of benzene rings is 2. The Kier molecular flexibility index (Phi) is 6.96. The van der Waals surface area contributed by atoms with E-state index in [1.807, 2.05) is 24.3 Å². The van der Waals surface area contributed by atoms with E-state index in [-0.39, 0.29) is 16.1 Å². The lowest BCUT2D eigenvalue weighted by atomic mass is 9.68. The molecule has 0 N–H and O–H groups in total. The standard InChI is InChI=1S/C26H33F.CH4.2H2/c1-18-3-7-20(8-4-18)21-11-13-22(14-12-21)24-15-16-25(26(27)17-24)23-9-5-19(2)6-10-23;;;/h5-6,9-10,15-18,20-22H,3-4,7-8,11-14H2,1-2H3;1H4;2*1H. The molecule has 0 heterocycles. The van der Waals surface area contributed by atoms with Crippen molar-refractivity contribution in [3.05, 3.63) is 59.4 Å². The maximum absolute atomic E-state index is 14.8. The number of aryl methyl sites for hydroxylation is 1. The fraction of sp³-hybridized carbons (Fsp3) is 0.556. The molecule has 4 rings (SSSR count). The van der Waals surface area contributed by atoms with Crippen LogP contribution in [0.1, 0.15) is 85.6 Å². The van der Waals surface area contributed by atoms with Crippen LogP contribution in [0.5, 0.6) is 0 Å². The van der Waals surface area contributed by atoms with Gasteiger partial charge in [-0.3, -0.25) is 0 Å². The molecule has 0 amide bonds. The molecular formula is C27H41F. The highest BCUT2D eigenvalue weighted by Crippen LogP contribution is 2.44. The minimum absolute atomic E-state index is 0. The maximum atomic E-state index is 14.8. The molecular weight excluding hydrogens is 343 g/mol. The summed E-state index contributed by atoms with van der Waals surface area (Å²) in [7, 11) is 0. The average Bonchev–Trinajstić information content (AvgIpc) is 2.69. The highest BCUT2D eigenvalue weighted by Gasteiger charge is 2.30. The molecule has 2 saturated carbocycles. The van der Waals surface area contributed by atoms with E-state index in [4.69, 9.17) is 0 Å². The lowest BCUT2D eigenvalue weighted by Gasteiger charge is -2.37. The van der Waals surface area contributed by atoms with Gasteiger partial charge in [-0.2, -0.15) is 0 Å². The molecule has 2 fully saturated rings. The van der Waals surface area contributed by atoms with E-state index in [0.29, 0.717) is 5.92 Å². The Labute approximate surface area is 174 Å². The minimum Gasteiger partial charge on any atom is -0.206 e. The van der Waals surface area contributed by atoms with Gasteiger partial charge in [-0.1, -0.05) is 69.2 Å². The first kappa shape index (κ1) is 21.1. The van der Waals surface area contributed by atoms with Crippen molar-refractivity contribution in [2.75, 3.05) is 0 Å². The van der Waals surface area contributed by atoms with Crippen LogP contribution in [0.15, 0.2) is 42.5 Å². The zero-order valence-electron chi connectivity index (χ0n) is 16.9.